The summed E-state index contributed by atoms with van der Waals surface area (Å²) in [6, 6.07) is 0. The molecule has 234 valence electrons. The highest BCUT2D eigenvalue weighted by Gasteiger charge is 2.32. The fourth-order valence-corrected chi connectivity index (χ4v) is 4.64. The van der Waals surface area contributed by atoms with E-state index in [0.717, 1.165) is 6.08 Å². The van der Waals surface area contributed by atoms with E-state index < -0.39 is 54.0 Å². The molecule has 0 aromatic rings. The molecule has 0 fully saturated rings. The van der Waals surface area contributed by atoms with Crippen molar-refractivity contribution < 1.29 is 48.0 Å². The van der Waals surface area contributed by atoms with Gasteiger partial charge in [-0.3, -0.25) is 9.59 Å². The monoisotopic (exact) mass is 592 g/mol. The van der Waals surface area contributed by atoms with Crippen LogP contribution in [0, 0.1) is 11.8 Å². The van der Waals surface area contributed by atoms with Crippen LogP contribution in [0.15, 0.2) is 58.6 Å². The Balaban J connectivity index is 3.12. The van der Waals surface area contributed by atoms with Gasteiger partial charge in [0.1, 0.15) is 6.10 Å². The zero-order valence-electron chi connectivity index (χ0n) is 25.5. The fourth-order valence-electron chi connectivity index (χ4n) is 4.64. The van der Waals surface area contributed by atoms with E-state index in [0.29, 0.717) is 17.6 Å². The van der Waals surface area contributed by atoms with Crippen molar-refractivity contribution in [2.45, 2.75) is 65.0 Å². The lowest BCUT2D eigenvalue weighted by atomic mass is 9.85. The summed E-state index contributed by atoms with van der Waals surface area (Å²) in [6.07, 6.45) is 3.66. The van der Waals surface area contributed by atoms with Crippen molar-refractivity contribution in [1.82, 2.24) is 0 Å². The molecule has 0 saturated carbocycles. The Hall–Kier alpha value is -3.74. The van der Waals surface area contributed by atoms with Gasteiger partial charge in [-0.25, -0.2) is 9.59 Å². The second-order valence-electron chi connectivity index (χ2n) is 10.2. The molecule has 0 aromatic carbocycles. The van der Waals surface area contributed by atoms with Crippen LogP contribution in [0.25, 0.3) is 0 Å². The number of nitrogens with two attached hydrogens (primary N) is 2. The van der Waals surface area contributed by atoms with E-state index in [-0.39, 0.29) is 29.4 Å². The van der Waals surface area contributed by atoms with Gasteiger partial charge in [-0.05, 0) is 38.2 Å². The van der Waals surface area contributed by atoms with Crippen molar-refractivity contribution >= 4 is 23.6 Å². The normalized spacial score (nSPS) is 19.1. The largest absolute Gasteiger partial charge is 0.492 e. The minimum absolute atomic E-state index is 0.0410. The third kappa shape index (κ3) is 10.3. The Morgan fingerprint density at radius 1 is 1.07 bits per heavy atom. The van der Waals surface area contributed by atoms with Crippen molar-refractivity contribution in [3.8, 4) is 0 Å². The second kappa shape index (κ2) is 17.3. The number of methoxy groups -OCH3 is 4. The SMILES string of the molecule is COC(=O)/C(C)=C\C=C\C(OC)C(OC(N)=O)/C(C)=C/C(C)C(O)C(CC(C)CC1=C(OC)C(=O)C=C(N)C1=O)OC. The van der Waals surface area contributed by atoms with Crippen LogP contribution < -0.4 is 11.5 Å². The molecule has 12 heteroatoms. The van der Waals surface area contributed by atoms with Gasteiger partial charge >= 0.3 is 12.1 Å². The van der Waals surface area contributed by atoms with E-state index in [1.54, 1.807) is 39.0 Å². The number of ether oxygens (including phenoxy) is 5. The molecule has 1 aliphatic carbocycles. The smallest absolute Gasteiger partial charge is 0.405 e. The molecule has 0 heterocycles. The minimum Gasteiger partial charge on any atom is -0.492 e. The van der Waals surface area contributed by atoms with E-state index in [9.17, 15) is 24.3 Å². The number of carbonyl (C=O) groups is 4. The van der Waals surface area contributed by atoms with Gasteiger partial charge in [-0.2, -0.15) is 0 Å². The molecule has 1 aliphatic rings. The van der Waals surface area contributed by atoms with Crippen LogP contribution in [0.3, 0.4) is 0 Å². The van der Waals surface area contributed by atoms with E-state index in [1.807, 2.05) is 6.92 Å². The molecule has 12 nitrogen and oxygen atoms in total. The molecule has 6 unspecified atom stereocenters. The Morgan fingerprint density at radius 3 is 2.24 bits per heavy atom. The summed E-state index contributed by atoms with van der Waals surface area (Å²) < 4.78 is 26.3. The zero-order valence-corrected chi connectivity index (χ0v) is 25.5. The van der Waals surface area contributed by atoms with Gasteiger partial charge in [0.25, 0.3) is 0 Å². The summed E-state index contributed by atoms with van der Waals surface area (Å²) in [5.74, 6) is -2.14. The molecule has 0 aliphatic heterocycles. The Labute approximate surface area is 247 Å². The second-order valence-corrected chi connectivity index (χ2v) is 10.2. The van der Waals surface area contributed by atoms with Crippen LogP contribution >= 0.6 is 0 Å². The van der Waals surface area contributed by atoms with Crippen molar-refractivity contribution in [1.29, 1.82) is 0 Å². The number of esters is 1. The van der Waals surface area contributed by atoms with Gasteiger partial charge in [0.15, 0.2) is 11.9 Å². The molecule has 0 aromatic heterocycles. The zero-order chi connectivity index (χ0) is 32.1. The first-order valence-corrected chi connectivity index (χ1v) is 13.4. The van der Waals surface area contributed by atoms with Crippen LogP contribution in [-0.2, 0) is 38.1 Å². The summed E-state index contributed by atoms with van der Waals surface area (Å²) >= 11 is 0. The summed E-state index contributed by atoms with van der Waals surface area (Å²) in [5.41, 5.74) is 12.0. The maximum absolute atomic E-state index is 12.6. The quantitative estimate of drug-likeness (QED) is 0.0785. The molecule has 0 spiro atoms. The molecular weight excluding hydrogens is 548 g/mol. The minimum atomic E-state index is -1.02. The van der Waals surface area contributed by atoms with E-state index in [4.69, 9.17) is 30.4 Å². The molecule has 0 bridgehead atoms. The fraction of sp³-hybridized carbons (Fsp3) is 0.533. The van der Waals surface area contributed by atoms with Crippen LogP contribution in [0.2, 0.25) is 0 Å². The summed E-state index contributed by atoms with van der Waals surface area (Å²) in [4.78, 5) is 48.1. The van der Waals surface area contributed by atoms with Gasteiger partial charge in [-0.1, -0.05) is 38.2 Å². The summed E-state index contributed by atoms with van der Waals surface area (Å²) in [5, 5.41) is 11.2. The van der Waals surface area contributed by atoms with Crippen LogP contribution in [0.1, 0.15) is 40.5 Å². The van der Waals surface area contributed by atoms with Crippen LogP contribution in [0.4, 0.5) is 4.79 Å². The molecule has 1 rings (SSSR count). The molecule has 0 radical (unpaired) electrons. The Kier molecular flexibility index (Phi) is 14.9. The molecule has 42 heavy (non-hydrogen) atoms. The number of ketones is 2. The van der Waals surface area contributed by atoms with Gasteiger partial charge < -0.3 is 40.3 Å². The van der Waals surface area contributed by atoms with Crippen LogP contribution in [0.5, 0.6) is 0 Å². The maximum atomic E-state index is 12.6. The number of hydrogen-bond acceptors (Lipinski definition) is 11. The number of amides is 1. The molecule has 6 atom stereocenters. The van der Waals surface area contributed by atoms with E-state index in [1.165, 1.54) is 34.5 Å². The highest BCUT2D eigenvalue weighted by Crippen LogP contribution is 2.28. The Bertz CT molecular complexity index is 1150. The predicted molar refractivity (Wildman–Crippen MR) is 155 cm³/mol. The van der Waals surface area contributed by atoms with E-state index >= 15 is 0 Å². The first kappa shape index (κ1) is 36.3. The number of Topliss-reactive ketones (excluding diaryl/α,β-unsaturated/α-hetero) is 1. The number of carbonyl (C=O) groups excluding carboxylic acids is 4. The first-order valence-electron chi connectivity index (χ1n) is 13.4. The number of allylic oxidation sites excluding steroid dienone is 4. The third-order valence-electron chi connectivity index (χ3n) is 6.88. The van der Waals surface area contributed by atoms with Crippen LogP contribution in [-0.4, -0.2) is 81.6 Å². The van der Waals surface area contributed by atoms with Crippen molar-refractivity contribution in [2.24, 2.45) is 23.3 Å². The van der Waals surface area contributed by atoms with E-state index in [2.05, 4.69) is 4.74 Å². The number of hydrogen-bond donors (Lipinski definition) is 3. The molecular formula is C30H44N2O10. The highest BCUT2D eigenvalue weighted by atomic mass is 16.6. The van der Waals surface area contributed by atoms with Crippen molar-refractivity contribution in [2.75, 3.05) is 28.4 Å². The average molecular weight is 593 g/mol. The Morgan fingerprint density at radius 2 is 1.71 bits per heavy atom. The third-order valence-corrected chi connectivity index (χ3v) is 6.88. The van der Waals surface area contributed by atoms with Gasteiger partial charge in [-0.15, -0.1) is 0 Å². The topological polar surface area (TPSA) is 187 Å². The molecule has 0 saturated heterocycles. The predicted octanol–water partition coefficient (Wildman–Crippen LogP) is 2.41. The number of aliphatic hydroxyl groups is 1. The summed E-state index contributed by atoms with van der Waals surface area (Å²) in [6.45, 7) is 6.93. The number of aliphatic hydroxyl groups excluding tert-OH is 1. The molecule has 1 amide bonds. The summed E-state index contributed by atoms with van der Waals surface area (Å²) in [7, 11) is 5.49. The van der Waals surface area contributed by atoms with Crippen molar-refractivity contribution in [3.05, 3.63) is 58.6 Å². The molecule has 5 N–H and O–H groups in total. The number of rotatable bonds is 16. The standard InChI is InChI=1S/C30H44N2O10/c1-16(12-20-26(35)21(31)15-22(33)28(20)40-7)13-24(39-6)25(34)18(3)14-19(4)27(42-30(32)37)23(38-5)11-9-10-17(2)29(36)41-8/h9-11,14-16,18,23-25,27,34H,12-13,31H2,1-8H3,(H2,32,37)/b11-9+,17-10-,19-14+. The number of primary amides is 1. The van der Waals surface area contributed by atoms with Gasteiger partial charge in [0.05, 0.1) is 32.1 Å². The lowest BCUT2D eigenvalue weighted by Gasteiger charge is -2.29. The highest BCUT2D eigenvalue weighted by molar-refractivity contribution is 6.21. The lowest BCUT2D eigenvalue weighted by Crippen LogP contribution is -2.37. The lowest BCUT2D eigenvalue weighted by molar-refractivity contribution is -0.136. The first-order chi connectivity index (χ1) is 19.7. The van der Waals surface area contributed by atoms with Gasteiger partial charge in [0.2, 0.25) is 11.6 Å². The van der Waals surface area contributed by atoms with Gasteiger partial charge in [0, 0.05) is 37.4 Å². The maximum Gasteiger partial charge on any atom is 0.405 e. The average Bonchev–Trinajstić information content (AvgIpc) is 2.94. The van der Waals surface area contributed by atoms with Crippen molar-refractivity contribution in [3.63, 3.8) is 0 Å².